The molecule has 0 fully saturated rings. The van der Waals surface area contributed by atoms with Crippen molar-refractivity contribution in [2.45, 2.75) is 6.92 Å². The van der Waals surface area contributed by atoms with E-state index < -0.39 is 0 Å². The maximum atomic E-state index is 12.0. The van der Waals surface area contributed by atoms with Gasteiger partial charge in [0.2, 0.25) is 5.91 Å². The minimum absolute atomic E-state index is 0.117. The summed E-state index contributed by atoms with van der Waals surface area (Å²) in [6, 6.07) is 15.1. The molecule has 0 aliphatic heterocycles. The first kappa shape index (κ1) is 15.4. The minimum atomic E-state index is -0.117. The quantitative estimate of drug-likeness (QED) is 0.832. The number of anilines is 2. The van der Waals surface area contributed by atoms with Crippen LogP contribution in [0.25, 0.3) is 0 Å². The maximum Gasteiger partial charge on any atom is 0.243 e. The maximum absolute atomic E-state index is 12.0. The summed E-state index contributed by atoms with van der Waals surface area (Å²) in [5.74, 6) is 0.627. The number of hydrogen-bond acceptors (Lipinski definition) is 3. The number of rotatable bonds is 6. The Bertz CT molecular complexity index is 617. The van der Waals surface area contributed by atoms with E-state index in [0.717, 1.165) is 21.6 Å². The topological polar surface area (TPSA) is 50.4 Å². The third-order valence-electron chi connectivity index (χ3n) is 2.77. The number of carbonyl (C=O) groups is 1. The summed E-state index contributed by atoms with van der Waals surface area (Å²) >= 11 is 3.40. The number of amides is 1. The number of carbonyl (C=O) groups excluding carboxylic acids is 1. The fourth-order valence-electron chi connectivity index (χ4n) is 1.83. The van der Waals surface area contributed by atoms with E-state index in [2.05, 4.69) is 26.6 Å². The molecule has 0 atom stereocenters. The van der Waals surface area contributed by atoms with Crippen molar-refractivity contribution in [1.82, 2.24) is 0 Å². The molecule has 0 heterocycles. The van der Waals surface area contributed by atoms with E-state index in [1.807, 2.05) is 55.5 Å². The summed E-state index contributed by atoms with van der Waals surface area (Å²) in [4.78, 5) is 12.0. The Labute approximate surface area is 132 Å². The van der Waals surface area contributed by atoms with Crippen LogP contribution in [0, 0.1) is 0 Å². The van der Waals surface area contributed by atoms with Gasteiger partial charge in [0, 0.05) is 4.47 Å². The van der Waals surface area contributed by atoms with Gasteiger partial charge < -0.3 is 15.4 Å². The molecule has 0 radical (unpaired) electrons. The second-order valence-electron chi connectivity index (χ2n) is 4.31. The average Bonchev–Trinajstić information content (AvgIpc) is 2.49. The average molecular weight is 349 g/mol. The number of para-hydroxylation sites is 3. The van der Waals surface area contributed by atoms with Crippen molar-refractivity contribution in [3.63, 3.8) is 0 Å². The summed E-state index contributed by atoms with van der Waals surface area (Å²) < 4.78 is 6.36. The van der Waals surface area contributed by atoms with Crippen LogP contribution in [-0.2, 0) is 4.79 Å². The monoisotopic (exact) mass is 348 g/mol. The molecule has 0 spiro atoms. The highest BCUT2D eigenvalue weighted by Crippen LogP contribution is 2.24. The molecule has 21 heavy (non-hydrogen) atoms. The van der Waals surface area contributed by atoms with Gasteiger partial charge in [-0.15, -0.1) is 0 Å². The van der Waals surface area contributed by atoms with Crippen LogP contribution < -0.4 is 15.4 Å². The molecular weight excluding hydrogens is 332 g/mol. The van der Waals surface area contributed by atoms with E-state index in [0.29, 0.717) is 6.61 Å². The number of hydrogen-bond donors (Lipinski definition) is 2. The predicted molar refractivity (Wildman–Crippen MR) is 88.9 cm³/mol. The van der Waals surface area contributed by atoms with Crippen LogP contribution >= 0.6 is 15.9 Å². The molecule has 0 bridgehead atoms. The molecule has 0 saturated carbocycles. The van der Waals surface area contributed by atoms with Crippen molar-refractivity contribution in [2.75, 3.05) is 23.8 Å². The largest absolute Gasteiger partial charge is 0.492 e. The normalized spacial score (nSPS) is 10.0. The van der Waals surface area contributed by atoms with Gasteiger partial charge in [-0.3, -0.25) is 4.79 Å². The van der Waals surface area contributed by atoms with Crippen molar-refractivity contribution < 1.29 is 9.53 Å². The zero-order valence-electron chi connectivity index (χ0n) is 11.7. The molecule has 0 saturated heterocycles. The first-order chi connectivity index (χ1) is 10.2. The molecule has 4 nitrogen and oxygen atoms in total. The summed E-state index contributed by atoms with van der Waals surface area (Å²) in [5.41, 5.74) is 1.56. The number of halogens is 1. The number of nitrogens with one attached hydrogen (secondary N) is 2. The third-order valence-corrected chi connectivity index (χ3v) is 3.47. The highest BCUT2D eigenvalue weighted by atomic mass is 79.9. The Hall–Kier alpha value is -2.01. The molecule has 2 rings (SSSR count). The second-order valence-corrected chi connectivity index (χ2v) is 5.17. The minimum Gasteiger partial charge on any atom is -0.492 e. The molecular formula is C16H17BrN2O2. The Balaban J connectivity index is 1.94. The fraction of sp³-hybridized carbons (Fsp3) is 0.188. The SMILES string of the molecule is CCOc1ccccc1NCC(=O)Nc1ccccc1Br. The van der Waals surface area contributed by atoms with E-state index in [1.165, 1.54) is 0 Å². The lowest BCUT2D eigenvalue weighted by molar-refractivity contribution is -0.114. The third kappa shape index (κ3) is 4.49. The molecule has 0 aliphatic carbocycles. The van der Waals surface area contributed by atoms with E-state index in [9.17, 15) is 4.79 Å². The zero-order chi connectivity index (χ0) is 15.1. The van der Waals surface area contributed by atoms with Crippen molar-refractivity contribution in [3.05, 3.63) is 53.0 Å². The molecule has 110 valence electrons. The van der Waals surface area contributed by atoms with E-state index in [1.54, 1.807) is 0 Å². The molecule has 2 aromatic rings. The Morgan fingerprint density at radius 2 is 1.76 bits per heavy atom. The predicted octanol–water partition coefficient (Wildman–Crippen LogP) is 3.90. The van der Waals surface area contributed by atoms with E-state index >= 15 is 0 Å². The first-order valence-corrected chi connectivity index (χ1v) is 7.50. The van der Waals surface area contributed by atoms with Gasteiger partial charge in [0.05, 0.1) is 24.5 Å². The lowest BCUT2D eigenvalue weighted by Crippen LogP contribution is -2.22. The van der Waals surface area contributed by atoms with Gasteiger partial charge in [-0.2, -0.15) is 0 Å². The van der Waals surface area contributed by atoms with E-state index in [-0.39, 0.29) is 12.5 Å². The van der Waals surface area contributed by atoms with Crippen molar-refractivity contribution in [2.24, 2.45) is 0 Å². The summed E-state index contributed by atoms with van der Waals surface area (Å²) in [5, 5.41) is 5.93. The molecule has 0 aromatic heterocycles. The van der Waals surface area contributed by atoms with E-state index in [4.69, 9.17) is 4.74 Å². The Kier molecular flexibility index (Phi) is 5.63. The molecule has 2 aromatic carbocycles. The van der Waals surface area contributed by atoms with Crippen LogP contribution in [0.3, 0.4) is 0 Å². The van der Waals surface area contributed by atoms with Gasteiger partial charge in [0.1, 0.15) is 5.75 Å². The van der Waals surface area contributed by atoms with Crippen LogP contribution in [0.2, 0.25) is 0 Å². The van der Waals surface area contributed by atoms with Crippen LogP contribution in [0.15, 0.2) is 53.0 Å². The standard InChI is InChI=1S/C16H17BrN2O2/c1-2-21-15-10-6-5-9-14(15)18-11-16(20)19-13-8-4-3-7-12(13)17/h3-10,18H,2,11H2,1H3,(H,19,20). The lowest BCUT2D eigenvalue weighted by atomic mass is 10.3. The Morgan fingerprint density at radius 1 is 1.10 bits per heavy atom. The zero-order valence-corrected chi connectivity index (χ0v) is 13.3. The number of ether oxygens (including phenoxy) is 1. The van der Waals surface area contributed by atoms with Gasteiger partial charge in [-0.25, -0.2) is 0 Å². The van der Waals surface area contributed by atoms with Gasteiger partial charge in [0.25, 0.3) is 0 Å². The van der Waals surface area contributed by atoms with Gasteiger partial charge >= 0.3 is 0 Å². The summed E-state index contributed by atoms with van der Waals surface area (Å²) in [6.07, 6.45) is 0. The molecule has 1 amide bonds. The molecule has 5 heteroatoms. The lowest BCUT2D eigenvalue weighted by Gasteiger charge is -2.12. The fourth-order valence-corrected chi connectivity index (χ4v) is 2.21. The van der Waals surface area contributed by atoms with Gasteiger partial charge in [-0.1, -0.05) is 24.3 Å². The molecule has 0 aliphatic rings. The van der Waals surface area contributed by atoms with Gasteiger partial charge in [0.15, 0.2) is 0 Å². The van der Waals surface area contributed by atoms with Crippen molar-refractivity contribution >= 4 is 33.2 Å². The van der Waals surface area contributed by atoms with Crippen molar-refractivity contribution in [3.8, 4) is 5.75 Å². The summed E-state index contributed by atoms with van der Waals surface area (Å²) in [6.45, 7) is 2.68. The van der Waals surface area contributed by atoms with Crippen LogP contribution in [0.5, 0.6) is 5.75 Å². The van der Waals surface area contributed by atoms with Crippen molar-refractivity contribution in [1.29, 1.82) is 0 Å². The second kappa shape index (κ2) is 7.69. The summed E-state index contributed by atoms with van der Waals surface area (Å²) in [7, 11) is 0. The number of benzene rings is 2. The highest BCUT2D eigenvalue weighted by Gasteiger charge is 2.07. The Morgan fingerprint density at radius 3 is 2.48 bits per heavy atom. The first-order valence-electron chi connectivity index (χ1n) is 6.70. The van der Waals surface area contributed by atoms with Crippen LogP contribution in [0.1, 0.15) is 6.92 Å². The molecule has 0 unspecified atom stereocenters. The highest BCUT2D eigenvalue weighted by molar-refractivity contribution is 9.10. The van der Waals surface area contributed by atoms with Crippen LogP contribution in [-0.4, -0.2) is 19.1 Å². The molecule has 2 N–H and O–H groups in total. The van der Waals surface area contributed by atoms with Crippen LogP contribution in [0.4, 0.5) is 11.4 Å². The van der Waals surface area contributed by atoms with Gasteiger partial charge in [-0.05, 0) is 47.1 Å². The smallest absolute Gasteiger partial charge is 0.243 e.